The zero-order chi connectivity index (χ0) is 15.4. The largest absolute Gasteiger partial charge is 1.00 e. The number of halogens is 1. The SMILES string of the molecule is COc1cc(C(=O)N2CC[NH+](C)CC2)cc(OC)c1OC.[Cl-]. The summed E-state index contributed by atoms with van der Waals surface area (Å²) in [7, 11) is 6.78. The van der Waals surface area contributed by atoms with Gasteiger partial charge >= 0.3 is 0 Å². The number of piperazine rings is 1. The summed E-state index contributed by atoms with van der Waals surface area (Å²) in [5.41, 5.74) is 0.559. The minimum Gasteiger partial charge on any atom is -1.00 e. The number of carbonyl (C=O) groups excluding carboxylic acids is 1. The molecule has 0 unspecified atom stereocenters. The zero-order valence-corrected chi connectivity index (χ0v) is 14.2. The fourth-order valence-corrected chi connectivity index (χ4v) is 2.48. The number of rotatable bonds is 4. The van der Waals surface area contributed by atoms with E-state index in [2.05, 4.69) is 7.05 Å². The molecule has 0 aromatic heterocycles. The maximum Gasteiger partial charge on any atom is 0.254 e. The highest BCUT2D eigenvalue weighted by Gasteiger charge is 2.24. The van der Waals surface area contributed by atoms with E-state index in [0.717, 1.165) is 26.2 Å². The van der Waals surface area contributed by atoms with Crippen LogP contribution in [-0.2, 0) is 0 Å². The highest BCUT2D eigenvalue weighted by atomic mass is 35.5. The van der Waals surface area contributed by atoms with Crippen LogP contribution in [0.3, 0.4) is 0 Å². The summed E-state index contributed by atoms with van der Waals surface area (Å²) in [6.45, 7) is 3.47. The molecule has 1 aromatic rings. The standard InChI is InChI=1S/C15H22N2O4.ClH/c1-16-5-7-17(8-6-16)15(18)11-9-12(19-2)14(21-4)13(10-11)20-3;/h9-10H,5-8H2,1-4H3;1H. The van der Waals surface area contributed by atoms with E-state index >= 15 is 0 Å². The number of quaternary nitrogens is 1. The molecule has 6 nitrogen and oxygen atoms in total. The van der Waals surface area contributed by atoms with Crippen molar-refractivity contribution in [2.75, 3.05) is 54.6 Å². The predicted octanol–water partition coefficient (Wildman–Crippen LogP) is -3.31. The number of methoxy groups -OCH3 is 3. The molecule has 1 aliphatic rings. The van der Waals surface area contributed by atoms with Crippen LogP contribution in [0.2, 0.25) is 0 Å². The lowest BCUT2D eigenvalue weighted by Gasteiger charge is -2.30. The molecule has 124 valence electrons. The third-order valence-electron chi connectivity index (χ3n) is 3.82. The number of carbonyl (C=O) groups is 1. The van der Waals surface area contributed by atoms with Crippen LogP contribution in [0, 0.1) is 0 Å². The number of hydrogen-bond donors (Lipinski definition) is 1. The highest BCUT2D eigenvalue weighted by molar-refractivity contribution is 5.95. The van der Waals surface area contributed by atoms with Gasteiger partial charge in [0.15, 0.2) is 11.5 Å². The third-order valence-corrected chi connectivity index (χ3v) is 3.82. The van der Waals surface area contributed by atoms with Crippen molar-refractivity contribution >= 4 is 5.91 Å². The van der Waals surface area contributed by atoms with Gasteiger partial charge in [-0.05, 0) is 12.1 Å². The molecule has 7 heteroatoms. The van der Waals surface area contributed by atoms with Crippen LogP contribution >= 0.6 is 0 Å². The first-order chi connectivity index (χ1) is 10.1. The number of nitrogens with one attached hydrogen (secondary N) is 1. The fourth-order valence-electron chi connectivity index (χ4n) is 2.48. The van der Waals surface area contributed by atoms with Crippen molar-refractivity contribution in [3.05, 3.63) is 17.7 Å². The topological polar surface area (TPSA) is 52.4 Å². The zero-order valence-electron chi connectivity index (χ0n) is 13.4. The van der Waals surface area contributed by atoms with Crippen LogP contribution in [0.4, 0.5) is 0 Å². The average molecular weight is 331 g/mol. The Morgan fingerprint density at radius 1 is 1.05 bits per heavy atom. The molecule has 0 saturated carbocycles. The van der Waals surface area contributed by atoms with E-state index in [4.69, 9.17) is 14.2 Å². The Hall–Kier alpha value is -1.66. The van der Waals surface area contributed by atoms with Crippen LogP contribution in [0.15, 0.2) is 12.1 Å². The molecule has 1 heterocycles. The number of amides is 1. The minimum atomic E-state index is 0. The Labute approximate surface area is 137 Å². The van der Waals surface area contributed by atoms with Crippen molar-refractivity contribution in [2.24, 2.45) is 0 Å². The molecule has 0 bridgehead atoms. The van der Waals surface area contributed by atoms with Crippen LogP contribution in [0.25, 0.3) is 0 Å². The minimum absolute atomic E-state index is 0. The summed E-state index contributed by atoms with van der Waals surface area (Å²) >= 11 is 0. The van der Waals surface area contributed by atoms with Gasteiger partial charge in [0.2, 0.25) is 5.75 Å². The molecule has 1 fully saturated rings. The van der Waals surface area contributed by atoms with Gasteiger partial charge in [-0.1, -0.05) is 0 Å². The molecule has 0 spiro atoms. The molecule has 1 amide bonds. The van der Waals surface area contributed by atoms with Crippen molar-refractivity contribution in [1.82, 2.24) is 4.90 Å². The van der Waals surface area contributed by atoms with Crippen LogP contribution in [-0.4, -0.2) is 65.4 Å². The smallest absolute Gasteiger partial charge is 0.254 e. The van der Waals surface area contributed by atoms with E-state index in [1.165, 1.54) is 4.90 Å². The molecule has 1 N–H and O–H groups in total. The summed E-state index contributed by atoms with van der Waals surface area (Å²) in [4.78, 5) is 15.9. The second-order valence-electron chi connectivity index (χ2n) is 5.16. The summed E-state index contributed by atoms with van der Waals surface area (Å²) < 4.78 is 15.9. The van der Waals surface area contributed by atoms with Crippen molar-refractivity contribution in [2.45, 2.75) is 0 Å². The predicted molar refractivity (Wildman–Crippen MR) is 78.6 cm³/mol. The third kappa shape index (κ3) is 3.75. The van der Waals surface area contributed by atoms with Gasteiger partial charge in [-0.25, -0.2) is 0 Å². The van der Waals surface area contributed by atoms with E-state index < -0.39 is 0 Å². The van der Waals surface area contributed by atoms with Gasteiger partial charge in [0, 0.05) is 5.56 Å². The van der Waals surface area contributed by atoms with Crippen molar-refractivity contribution < 1.29 is 36.3 Å². The summed E-state index contributed by atoms with van der Waals surface area (Å²) in [5, 5.41) is 0. The van der Waals surface area contributed by atoms with Gasteiger partial charge in [0.05, 0.1) is 54.6 Å². The van der Waals surface area contributed by atoms with E-state index in [0.29, 0.717) is 22.8 Å². The van der Waals surface area contributed by atoms with Gasteiger partial charge in [0.25, 0.3) is 5.91 Å². The Bertz CT molecular complexity index is 491. The summed E-state index contributed by atoms with van der Waals surface area (Å²) in [6, 6.07) is 3.41. The highest BCUT2D eigenvalue weighted by Crippen LogP contribution is 2.38. The lowest BCUT2D eigenvalue weighted by Crippen LogP contribution is -3.12. The fraction of sp³-hybridized carbons (Fsp3) is 0.533. The quantitative estimate of drug-likeness (QED) is 0.628. The number of nitrogens with zero attached hydrogens (tertiary/aromatic N) is 1. The molecule has 22 heavy (non-hydrogen) atoms. The Balaban J connectivity index is 0.00000242. The second kappa shape index (κ2) is 8.10. The molecule has 0 atom stereocenters. The maximum absolute atomic E-state index is 12.6. The lowest BCUT2D eigenvalue weighted by atomic mass is 10.1. The molecule has 2 rings (SSSR count). The first-order valence-corrected chi connectivity index (χ1v) is 7.01. The summed E-state index contributed by atoms with van der Waals surface area (Å²) in [6.07, 6.45) is 0. The Morgan fingerprint density at radius 3 is 1.95 bits per heavy atom. The maximum atomic E-state index is 12.6. The monoisotopic (exact) mass is 330 g/mol. The Kier molecular flexibility index (Phi) is 6.77. The first-order valence-electron chi connectivity index (χ1n) is 7.01. The molecule has 1 aliphatic heterocycles. The number of hydrogen-bond acceptors (Lipinski definition) is 4. The van der Waals surface area contributed by atoms with E-state index in [1.807, 2.05) is 4.90 Å². The molecule has 1 saturated heterocycles. The lowest BCUT2D eigenvalue weighted by molar-refractivity contribution is -0.883. The van der Waals surface area contributed by atoms with Crippen LogP contribution in [0.5, 0.6) is 17.2 Å². The number of benzene rings is 1. The Morgan fingerprint density at radius 2 is 1.55 bits per heavy atom. The van der Waals surface area contributed by atoms with E-state index in [-0.39, 0.29) is 18.3 Å². The molecular weight excluding hydrogens is 308 g/mol. The van der Waals surface area contributed by atoms with Crippen LogP contribution < -0.4 is 31.5 Å². The van der Waals surface area contributed by atoms with Crippen molar-refractivity contribution in [3.8, 4) is 17.2 Å². The average Bonchev–Trinajstić information content (AvgIpc) is 2.53. The second-order valence-corrected chi connectivity index (χ2v) is 5.16. The van der Waals surface area contributed by atoms with Gasteiger partial charge in [-0.15, -0.1) is 0 Å². The van der Waals surface area contributed by atoms with Gasteiger partial charge < -0.3 is 36.4 Å². The summed E-state index contributed by atoms with van der Waals surface area (Å²) in [5.74, 6) is 1.50. The number of ether oxygens (including phenoxy) is 3. The van der Waals surface area contributed by atoms with Gasteiger partial charge in [-0.3, -0.25) is 4.79 Å². The van der Waals surface area contributed by atoms with E-state index in [9.17, 15) is 4.79 Å². The van der Waals surface area contributed by atoms with E-state index in [1.54, 1.807) is 33.5 Å². The number of likely N-dealkylation sites (N-methyl/N-ethyl adjacent to an activating group) is 1. The first kappa shape index (κ1) is 18.4. The molecular formula is C15H23ClN2O4. The normalized spacial score (nSPS) is 15.0. The molecule has 0 aliphatic carbocycles. The van der Waals surface area contributed by atoms with Crippen LogP contribution in [0.1, 0.15) is 10.4 Å². The van der Waals surface area contributed by atoms with Crippen molar-refractivity contribution in [3.63, 3.8) is 0 Å². The van der Waals surface area contributed by atoms with Gasteiger partial charge in [-0.2, -0.15) is 0 Å². The van der Waals surface area contributed by atoms with Gasteiger partial charge in [0.1, 0.15) is 0 Å². The van der Waals surface area contributed by atoms with Crippen molar-refractivity contribution in [1.29, 1.82) is 0 Å². The molecule has 1 aromatic carbocycles. The molecule has 0 radical (unpaired) electrons.